The standard InChI is InChI=1S/C15H26N4O/c1-4-8-16-14-11-15(18-13(5-2)17-14)20-12-6-9-19(3)10-7-12/h11-12H,4-10H2,1-3H3,(H,16,17,18). The van der Waals surface area contributed by atoms with Crippen LogP contribution in [0, 0.1) is 0 Å². The fourth-order valence-corrected chi connectivity index (χ4v) is 2.31. The summed E-state index contributed by atoms with van der Waals surface area (Å²) in [6.45, 7) is 7.33. The average molecular weight is 278 g/mol. The lowest BCUT2D eigenvalue weighted by atomic mass is 10.1. The first kappa shape index (κ1) is 15.0. The van der Waals surface area contributed by atoms with Crippen LogP contribution in [0.4, 0.5) is 5.82 Å². The highest BCUT2D eigenvalue weighted by molar-refractivity contribution is 5.38. The molecule has 0 amide bonds. The molecule has 0 saturated carbocycles. The van der Waals surface area contributed by atoms with Gasteiger partial charge in [-0.3, -0.25) is 0 Å². The van der Waals surface area contributed by atoms with E-state index >= 15 is 0 Å². The number of ether oxygens (including phenoxy) is 1. The van der Waals surface area contributed by atoms with Crippen LogP contribution in [0.5, 0.6) is 5.88 Å². The van der Waals surface area contributed by atoms with Gasteiger partial charge in [0.2, 0.25) is 5.88 Å². The van der Waals surface area contributed by atoms with Crippen molar-refractivity contribution in [2.24, 2.45) is 0 Å². The molecule has 5 heteroatoms. The summed E-state index contributed by atoms with van der Waals surface area (Å²) in [6, 6.07) is 1.92. The molecule has 0 aliphatic carbocycles. The molecule has 0 aromatic carbocycles. The normalized spacial score (nSPS) is 17.1. The van der Waals surface area contributed by atoms with Gasteiger partial charge in [0.15, 0.2) is 0 Å². The van der Waals surface area contributed by atoms with Crippen LogP contribution in [-0.2, 0) is 6.42 Å². The van der Waals surface area contributed by atoms with Crippen molar-refractivity contribution in [2.45, 2.75) is 45.6 Å². The molecule has 1 aromatic heterocycles. The molecule has 1 fully saturated rings. The molecule has 1 aliphatic heterocycles. The lowest BCUT2D eigenvalue weighted by molar-refractivity contribution is 0.109. The quantitative estimate of drug-likeness (QED) is 0.865. The molecule has 1 saturated heterocycles. The summed E-state index contributed by atoms with van der Waals surface area (Å²) in [6.07, 6.45) is 4.33. The Morgan fingerprint density at radius 3 is 2.70 bits per heavy atom. The van der Waals surface area contributed by atoms with Crippen LogP contribution >= 0.6 is 0 Å². The summed E-state index contributed by atoms with van der Waals surface area (Å²) in [4.78, 5) is 11.3. The van der Waals surface area contributed by atoms with Crippen molar-refractivity contribution in [3.8, 4) is 5.88 Å². The van der Waals surface area contributed by atoms with Gasteiger partial charge in [0.25, 0.3) is 0 Å². The zero-order valence-electron chi connectivity index (χ0n) is 12.9. The Bertz CT molecular complexity index is 416. The predicted octanol–water partition coefficient (Wildman–Crippen LogP) is 2.33. The Hall–Kier alpha value is -1.36. The minimum absolute atomic E-state index is 0.282. The maximum absolute atomic E-state index is 6.05. The van der Waals surface area contributed by atoms with Crippen molar-refractivity contribution in [1.29, 1.82) is 0 Å². The number of anilines is 1. The van der Waals surface area contributed by atoms with Crippen molar-refractivity contribution < 1.29 is 4.74 Å². The Labute approximate surface area is 121 Å². The Balaban J connectivity index is 2.02. The molecule has 1 N–H and O–H groups in total. The largest absolute Gasteiger partial charge is 0.474 e. The Kier molecular flexibility index (Phi) is 5.59. The summed E-state index contributed by atoms with van der Waals surface area (Å²) >= 11 is 0. The van der Waals surface area contributed by atoms with E-state index < -0.39 is 0 Å². The first-order chi connectivity index (χ1) is 9.71. The third-order valence-electron chi connectivity index (χ3n) is 3.57. The molecule has 0 atom stereocenters. The SMILES string of the molecule is CCCNc1cc(OC2CCN(C)CC2)nc(CC)n1. The molecular weight excluding hydrogens is 252 g/mol. The van der Waals surface area contributed by atoms with Gasteiger partial charge in [-0.2, -0.15) is 4.98 Å². The summed E-state index contributed by atoms with van der Waals surface area (Å²) in [7, 11) is 2.16. The van der Waals surface area contributed by atoms with E-state index in [1.165, 1.54) is 0 Å². The van der Waals surface area contributed by atoms with Crippen molar-refractivity contribution in [1.82, 2.24) is 14.9 Å². The van der Waals surface area contributed by atoms with Crippen LogP contribution in [0.3, 0.4) is 0 Å². The van der Waals surface area contributed by atoms with Gasteiger partial charge in [0, 0.05) is 32.1 Å². The molecule has 1 aliphatic rings. The minimum Gasteiger partial charge on any atom is -0.474 e. The second kappa shape index (κ2) is 7.43. The average Bonchev–Trinajstić information content (AvgIpc) is 2.47. The lowest BCUT2D eigenvalue weighted by Crippen LogP contribution is -2.35. The van der Waals surface area contributed by atoms with Crippen LogP contribution in [0.2, 0.25) is 0 Å². The molecule has 20 heavy (non-hydrogen) atoms. The van der Waals surface area contributed by atoms with Gasteiger partial charge in [-0.1, -0.05) is 13.8 Å². The Morgan fingerprint density at radius 2 is 2.05 bits per heavy atom. The number of aryl methyl sites for hydroxylation is 1. The molecule has 0 spiro atoms. The highest BCUT2D eigenvalue weighted by Crippen LogP contribution is 2.19. The maximum Gasteiger partial charge on any atom is 0.218 e. The van der Waals surface area contributed by atoms with Gasteiger partial charge in [-0.05, 0) is 26.3 Å². The van der Waals surface area contributed by atoms with Crippen LogP contribution in [-0.4, -0.2) is 47.7 Å². The number of hydrogen-bond acceptors (Lipinski definition) is 5. The Morgan fingerprint density at radius 1 is 1.30 bits per heavy atom. The van der Waals surface area contributed by atoms with E-state index in [1.54, 1.807) is 0 Å². The lowest BCUT2D eigenvalue weighted by Gasteiger charge is -2.29. The van der Waals surface area contributed by atoms with E-state index in [0.717, 1.165) is 57.0 Å². The first-order valence-corrected chi connectivity index (χ1v) is 7.68. The monoisotopic (exact) mass is 278 g/mol. The number of piperidine rings is 1. The summed E-state index contributed by atoms with van der Waals surface area (Å²) in [5.41, 5.74) is 0. The van der Waals surface area contributed by atoms with Gasteiger partial charge >= 0.3 is 0 Å². The van der Waals surface area contributed by atoms with Gasteiger partial charge < -0.3 is 15.0 Å². The predicted molar refractivity (Wildman–Crippen MR) is 81.3 cm³/mol. The molecule has 0 radical (unpaired) electrons. The molecule has 2 rings (SSSR count). The van der Waals surface area contributed by atoms with Gasteiger partial charge in [0.05, 0.1) is 0 Å². The van der Waals surface area contributed by atoms with Crippen molar-refractivity contribution in [2.75, 3.05) is 32.0 Å². The number of rotatable bonds is 6. The van der Waals surface area contributed by atoms with Gasteiger partial charge in [0.1, 0.15) is 17.7 Å². The molecule has 5 nitrogen and oxygen atoms in total. The van der Waals surface area contributed by atoms with Crippen molar-refractivity contribution >= 4 is 5.82 Å². The van der Waals surface area contributed by atoms with Crippen molar-refractivity contribution in [3.05, 3.63) is 11.9 Å². The first-order valence-electron chi connectivity index (χ1n) is 7.68. The van der Waals surface area contributed by atoms with Crippen LogP contribution in [0.25, 0.3) is 0 Å². The zero-order chi connectivity index (χ0) is 14.4. The fraction of sp³-hybridized carbons (Fsp3) is 0.733. The van der Waals surface area contributed by atoms with E-state index in [9.17, 15) is 0 Å². The number of nitrogens with zero attached hydrogens (tertiary/aromatic N) is 3. The van der Waals surface area contributed by atoms with E-state index in [0.29, 0.717) is 5.88 Å². The molecule has 1 aromatic rings. The topological polar surface area (TPSA) is 50.3 Å². The number of likely N-dealkylation sites (tertiary alicyclic amines) is 1. The zero-order valence-corrected chi connectivity index (χ0v) is 12.9. The third kappa shape index (κ3) is 4.34. The highest BCUT2D eigenvalue weighted by atomic mass is 16.5. The van der Waals surface area contributed by atoms with E-state index in [1.807, 2.05) is 6.07 Å². The number of hydrogen-bond donors (Lipinski definition) is 1. The number of aromatic nitrogens is 2. The molecule has 0 bridgehead atoms. The van der Waals surface area contributed by atoms with E-state index in [4.69, 9.17) is 4.74 Å². The number of nitrogens with one attached hydrogen (secondary N) is 1. The van der Waals surface area contributed by atoms with E-state index in [-0.39, 0.29) is 6.10 Å². The molecule has 2 heterocycles. The van der Waals surface area contributed by atoms with Crippen LogP contribution in [0.1, 0.15) is 38.9 Å². The van der Waals surface area contributed by atoms with Crippen LogP contribution < -0.4 is 10.1 Å². The smallest absolute Gasteiger partial charge is 0.218 e. The highest BCUT2D eigenvalue weighted by Gasteiger charge is 2.19. The molecule has 0 unspecified atom stereocenters. The summed E-state index contributed by atoms with van der Waals surface area (Å²) in [5, 5.41) is 3.31. The van der Waals surface area contributed by atoms with Gasteiger partial charge in [-0.15, -0.1) is 0 Å². The van der Waals surface area contributed by atoms with E-state index in [2.05, 4.69) is 41.1 Å². The van der Waals surface area contributed by atoms with Crippen LogP contribution in [0.15, 0.2) is 6.07 Å². The third-order valence-corrected chi connectivity index (χ3v) is 3.57. The second-order valence-electron chi connectivity index (χ2n) is 5.41. The molecular formula is C15H26N4O. The molecule has 112 valence electrons. The summed E-state index contributed by atoms with van der Waals surface area (Å²) < 4.78 is 6.05. The second-order valence-corrected chi connectivity index (χ2v) is 5.41. The minimum atomic E-state index is 0.282. The van der Waals surface area contributed by atoms with Crippen molar-refractivity contribution in [3.63, 3.8) is 0 Å². The summed E-state index contributed by atoms with van der Waals surface area (Å²) in [5.74, 6) is 2.43. The van der Waals surface area contributed by atoms with Gasteiger partial charge in [-0.25, -0.2) is 4.98 Å². The maximum atomic E-state index is 6.05. The fourth-order valence-electron chi connectivity index (χ4n) is 2.31.